The van der Waals surface area contributed by atoms with Crippen LogP contribution in [0.3, 0.4) is 0 Å². The van der Waals surface area contributed by atoms with Crippen molar-refractivity contribution in [2.24, 2.45) is 0 Å². The van der Waals surface area contributed by atoms with Crippen LogP contribution in [0.5, 0.6) is 0 Å². The molecular weight excluding hydrogens is 340 g/mol. The molecule has 0 amide bonds. The quantitative estimate of drug-likeness (QED) is 0.641. The monoisotopic (exact) mass is 362 g/mol. The number of benzene rings is 2. The summed E-state index contributed by atoms with van der Waals surface area (Å²) in [5, 5.41) is 4.67. The highest BCUT2D eigenvalue weighted by molar-refractivity contribution is 7.71. The van der Waals surface area contributed by atoms with Gasteiger partial charge in [-0.15, -0.1) is 0 Å². The summed E-state index contributed by atoms with van der Waals surface area (Å²) < 4.78 is 4.70. The first-order valence-electron chi connectivity index (χ1n) is 8.91. The molecule has 5 heteroatoms. The topological polar surface area (TPSA) is 26.0 Å². The summed E-state index contributed by atoms with van der Waals surface area (Å²) in [7, 11) is 0. The van der Waals surface area contributed by atoms with E-state index < -0.39 is 0 Å². The van der Waals surface area contributed by atoms with Gasteiger partial charge in [-0.2, -0.15) is 5.10 Å². The van der Waals surface area contributed by atoms with Gasteiger partial charge in [0.1, 0.15) is 5.82 Å². The highest BCUT2D eigenvalue weighted by atomic mass is 32.1. The Labute approximate surface area is 159 Å². The molecule has 0 atom stereocenters. The SMILES string of the molecule is Cc1nn(CN2CC=C(c3ccccc3)CC2)c(=S)n1-c1ccccc1. The first-order chi connectivity index (χ1) is 12.7. The van der Waals surface area contributed by atoms with Crippen LogP contribution in [0.15, 0.2) is 66.7 Å². The van der Waals surface area contributed by atoms with Crippen molar-refractivity contribution in [1.29, 1.82) is 0 Å². The summed E-state index contributed by atoms with van der Waals surface area (Å²) in [5.41, 5.74) is 3.82. The third-order valence-electron chi connectivity index (χ3n) is 4.79. The van der Waals surface area contributed by atoms with Crippen molar-refractivity contribution in [2.75, 3.05) is 13.1 Å². The summed E-state index contributed by atoms with van der Waals surface area (Å²) in [6.45, 7) is 4.66. The van der Waals surface area contributed by atoms with Gasteiger partial charge in [0.2, 0.25) is 4.77 Å². The minimum Gasteiger partial charge on any atom is -0.280 e. The van der Waals surface area contributed by atoms with E-state index in [2.05, 4.69) is 58.5 Å². The van der Waals surface area contributed by atoms with E-state index in [-0.39, 0.29) is 0 Å². The zero-order valence-electron chi connectivity index (χ0n) is 14.9. The molecule has 0 saturated heterocycles. The lowest BCUT2D eigenvalue weighted by molar-refractivity contribution is 0.226. The molecule has 0 spiro atoms. The summed E-state index contributed by atoms with van der Waals surface area (Å²) >= 11 is 5.68. The molecule has 26 heavy (non-hydrogen) atoms. The smallest absolute Gasteiger partial charge is 0.203 e. The predicted octanol–water partition coefficient (Wildman–Crippen LogP) is 4.46. The van der Waals surface area contributed by atoms with Crippen LogP contribution in [-0.4, -0.2) is 32.3 Å². The van der Waals surface area contributed by atoms with E-state index in [1.54, 1.807) is 0 Å². The van der Waals surface area contributed by atoms with Gasteiger partial charge in [-0.1, -0.05) is 54.6 Å². The molecule has 0 radical (unpaired) electrons. The van der Waals surface area contributed by atoms with Crippen LogP contribution >= 0.6 is 12.2 Å². The maximum atomic E-state index is 5.68. The largest absolute Gasteiger partial charge is 0.280 e. The van der Waals surface area contributed by atoms with Crippen molar-refractivity contribution in [2.45, 2.75) is 20.0 Å². The molecule has 0 fully saturated rings. The van der Waals surface area contributed by atoms with Gasteiger partial charge in [-0.05, 0) is 48.8 Å². The van der Waals surface area contributed by atoms with Crippen LogP contribution in [-0.2, 0) is 6.67 Å². The van der Waals surface area contributed by atoms with E-state index >= 15 is 0 Å². The fourth-order valence-corrected chi connectivity index (χ4v) is 3.76. The number of para-hydroxylation sites is 1. The minimum absolute atomic E-state index is 0.720. The average Bonchev–Trinajstić information content (AvgIpc) is 2.97. The van der Waals surface area contributed by atoms with Gasteiger partial charge in [0, 0.05) is 18.8 Å². The molecule has 0 aliphatic carbocycles. The van der Waals surface area contributed by atoms with Crippen molar-refractivity contribution in [3.8, 4) is 5.69 Å². The van der Waals surface area contributed by atoms with Gasteiger partial charge in [-0.3, -0.25) is 9.47 Å². The number of rotatable bonds is 4. The van der Waals surface area contributed by atoms with E-state index in [0.717, 1.165) is 42.5 Å². The Bertz CT molecular complexity index is 970. The van der Waals surface area contributed by atoms with Gasteiger partial charge in [-0.25, -0.2) is 4.68 Å². The number of hydrogen-bond acceptors (Lipinski definition) is 3. The van der Waals surface area contributed by atoms with E-state index in [0.29, 0.717) is 0 Å². The average molecular weight is 363 g/mol. The molecule has 1 aromatic heterocycles. The van der Waals surface area contributed by atoms with E-state index in [9.17, 15) is 0 Å². The molecule has 3 aromatic rings. The van der Waals surface area contributed by atoms with Gasteiger partial charge >= 0.3 is 0 Å². The highest BCUT2D eigenvalue weighted by Gasteiger charge is 2.15. The molecule has 1 aliphatic rings. The van der Waals surface area contributed by atoms with Crippen molar-refractivity contribution in [3.05, 3.63) is 82.9 Å². The molecule has 0 saturated carbocycles. The number of aryl methyl sites for hydroxylation is 1. The Morgan fingerprint density at radius 2 is 1.69 bits per heavy atom. The Morgan fingerprint density at radius 3 is 2.35 bits per heavy atom. The van der Waals surface area contributed by atoms with E-state index in [4.69, 9.17) is 12.2 Å². The molecule has 2 aromatic carbocycles. The maximum Gasteiger partial charge on any atom is 0.203 e. The van der Waals surface area contributed by atoms with Crippen LogP contribution in [0.1, 0.15) is 17.8 Å². The molecule has 1 aliphatic heterocycles. The second-order valence-corrected chi connectivity index (χ2v) is 6.93. The number of aromatic nitrogens is 3. The van der Waals surface area contributed by atoms with E-state index in [1.807, 2.05) is 34.4 Å². The Morgan fingerprint density at radius 1 is 1.00 bits per heavy atom. The van der Waals surface area contributed by atoms with Crippen LogP contribution in [0.25, 0.3) is 11.3 Å². The van der Waals surface area contributed by atoms with Gasteiger partial charge in [0.15, 0.2) is 0 Å². The molecule has 2 heterocycles. The van der Waals surface area contributed by atoms with Gasteiger partial charge < -0.3 is 0 Å². The van der Waals surface area contributed by atoms with E-state index in [1.165, 1.54) is 11.1 Å². The first kappa shape index (κ1) is 16.9. The summed E-state index contributed by atoms with van der Waals surface area (Å²) in [6, 6.07) is 20.8. The molecule has 4 rings (SSSR count). The third-order valence-corrected chi connectivity index (χ3v) is 5.18. The second kappa shape index (κ2) is 7.40. The Hall–Kier alpha value is -2.50. The minimum atomic E-state index is 0.720. The maximum absolute atomic E-state index is 5.68. The predicted molar refractivity (Wildman–Crippen MR) is 108 cm³/mol. The zero-order chi connectivity index (χ0) is 17.9. The highest BCUT2D eigenvalue weighted by Crippen LogP contribution is 2.22. The summed E-state index contributed by atoms with van der Waals surface area (Å²) in [6.07, 6.45) is 3.37. The normalized spacial score (nSPS) is 15.0. The molecule has 132 valence electrons. The lowest BCUT2D eigenvalue weighted by Crippen LogP contribution is -2.31. The fourth-order valence-electron chi connectivity index (χ4n) is 3.43. The van der Waals surface area contributed by atoms with Crippen LogP contribution in [0.2, 0.25) is 0 Å². The lowest BCUT2D eigenvalue weighted by Gasteiger charge is -2.26. The summed E-state index contributed by atoms with van der Waals surface area (Å²) in [4.78, 5) is 2.38. The molecular formula is C21H22N4S. The van der Waals surface area contributed by atoms with Crippen LogP contribution in [0.4, 0.5) is 0 Å². The van der Waals surface area contributed by atoms with Gasteiger partial charge in [0.05, 0.1) is 6.67 Å². The van der Waals surface area contributed by atoms with Crippen molar-refractivity contribution in [3.63, 3.8) is 0 Å². The molecule has 0 N–H and O–H groups in total. The Balaban J connectivity index is 1.51. The molecule has 4 nitrogen and oxygen atoms in total. The zero-order valence-corrected chi connectivity index (χ0v) is 15.7. The van der Waals surface area contributed by atoms with Crippen molar-refractivity contribution >= 4 is 17.8 Å². The molecule has 0 bridgehead atoms. The molecule has 0 unspecified atom stereocenters. The lowest BCUT2D eigenvalue weighted by atomic mass is 10.00. The Kier molecular flexibility index (Phi) is 4.82. The second-order valence-electron chi connectivity index (χ2n) is 6.56. The van der Waals surface area contributed by atoms with Crippen LogP contribution < -0.4 is 0 Å². The number of nitrogens with zero attached hydrogens (tertiary/aromatic N) is 4. The standard InChI is InChI=1S/C21H22N4S/c1-17-22-24(21(26)25(17)20-10-6-3-7-11-20)16-23-14-12-19(13-15-23)18-8-4-2-5-9-18/h2-12H,13-16H2,1H3. The van der Waals surface area contributed by atoms with Crippen LogP contribution in [0, 0.1) is 11.7 Å². The van der Waals surface area contributed by atoms with Gasteiger partial charge in [0.25, 0.3) is 0 Å². The first-order valence-corrected chi connectivity index (χ1v) is 9.32. The van der Waals surface area contributed by atoms with Crippen molar-refractivity contribution < 1.29 is 0 Å². The fraction of sp³-hybridized carbons (Fsp3) is 0.238. The summed E-state index contributed by atoms with van der Waals surface area (Å²) in [5.74, 6) is 0.915. The van der Waals surface area contributed by atoms with Crippen molar-refractivity contribution in [1.82, 2.24) is 19.2 Å². The number of hydrogen-bond donors (Lipinski definition) is 0. The third kappa shape index (κ3) is 3.41.